The van der Waals surface area contributed by atoms with E-state index in [1.807, 2.05) is 30.3 Å². The molecule has 0 radical (unpaired) electrons. The highest BCUT2D eigenvalue weighted by molar-refractivity contribution is 5.97. The van der Waals surface area contributed by atoms with Crippen LogP contribution in [0.5, 0.6) is 5.75 Å². The van der Waals surface area contributed by atoms with Crippen LogP contribution in [0.25, 0.3) is 0 Å². The number of anilines is 1. The van der Waals surface area contributed by atoms with E-state index in [9.17, 15) is 14.7 Å². The Morgan fingerprint density at radius 2 is 1.76 bits per heavy atom. The van der Waals surface area contributed by atoms with Crippen molar-refractivity contribution in [3.05, 3.63) is 60.2 Å². The van der Waals surface area contributed by atoms with Gasteiger partial charge in [-0.3, -0.25) is 14.6 Å². The zero-order valence-electron chi connectivity index (χ0n) is 17.3. The molecule has 0 saturated carbocycles. The normalized spacial score (nSPS) is 18.9. The molecule has 3 rings (SSSR count). The Hall–Kier alpha value is -3.02. The van der Waals surface area contributed by atoms with Crippen LogP contribution in [0.4, 0.5) is 10.5 Å². The molecule has 6 nitrogen and oxygen atoms in total. The number of nitrogens with zero attached hydrogens (tertiary/aromatic N) is 3. The van der Waals surface area contributed by atoms with E-state index in [4.69, 9.17) is 0 Å². The van der Waals surface area contributed by atoms with Gasteiger partial charge in [0, 0.05) is 26.2 Å². The first-order valence-electron chi connectivity index (χ1n) is 10.1. The van der Waals surface area contributed by atoms with Crippen LogP contribution >= 0.6 is 0 Å². The lowest BCUT2D eigenvalue weighted by molar-refractivity contribution is -0.128. The Morgan fingerprint density at radius 1 is 1.10 bits per heavy atom. The molecular formula is C23H29N3O3. The number of phenols is 1. The molecule has 6 heteroatoms. The number of amides is 3. The largest absolute Gasteiger partial charge is 0.508 e. The summed E-state index contributed by atoms with van der Waals surface area (Å²) in [4.78, 5) is 31.6. The molecule has 3 amide bonds. The SMILES string of the molecule is CCCC[C@@H]1N(C)C(=O)[C@H](Cc2ccc(O)cc2)N1C(=O)N(C)c1ccccc1. The Bertz CT molecular complexity index is 838. The van der Waals surface area contributed by atoms with E-state index in [2.05, 4.69) is 6.92 Å². The highest BCUT2D eigenvalue weighted by atomic mass is 16.3. The van der Waals surface area contributed by atoms with Crippen LogP contribution in [0.1, 0.15) is 31.7 Å². The molecule has 1 aliphatic rings. The van der Waals surface area contributed by atoms with E-state index in [1.54, 1.807) is 53.1 Å². The van der Waals surface area contributed by atoms with E-state index in [-0.39, 0.29) is 23.9 Å². The van der Waals surface area contributed by atoms with E-state index in [0.717, 1.165) is 30.5 Å². The molecule has 1 N–H and O–H groups in total. The number of carbonyl (C=O) groups excluding carboxylic acids is 2. The number of aromatic hydroxyl groups is 1. The van der Waals surface area contributed by atoms with E-state index in [1.165, 1.54) is 0 Å². The molecule has 2 atom stereocenters. The topological polar surface area (TPSA) is 64.1 Å². The Kier molecular flexibility index (Phi) is 6.42. The van der Waals surface area contributed by atoms with Gasteiger partial charge in [-0.1, -0.05) is 43.7 Å². The molecule has 1 aliphatic heterocycles. The van der Waals surface area contributed by atoms with Gasteiger partial charge in [0.1, 0.15) is 18.0 Å². The van der Waals surface area contributed by atoms with E-state index in [0.29, 0.717) is 6.42 Å². The van der Waals surface area contributed by atoms with Gasteiger partial charge in [0.15, 0.2) is 0 Å². The van der Waals surface area contributed by atoms with Gasteiger partial charge in [-0.15, -0.1) is 0 Å². The first kappa shape index (κ1) is 20.7. The third-order valence-corrected chi connectivity index (χ3v) is 5.57. The zero-order chi connectivity index (χ0) is 21.0. The molecule has 0 unspecified atom stereocenters. The molecule has 1 heterocycles. The number of benzene rings is 2. The molecule has 1 saturated heterocycles. The quantitative estimate of drug-likeness (QED) is 0.808. The monoisotopic (exact) mass is 395 g/mol. The minimum atomic E-state index is -0.565. The molecule has 29 heavy (non-hydrogen) atoms. The van der Waals surface area contributed by atoms with Crippen molar-refractivity contribution in [2.75, 3.05) is 19.0 Å². The van der Waals surface area contributed by atoms with Gasteiger partial charge in [-0.25, -0.2) is 4.79 Å². The summed E-state index contributed by atoms with van der Waals surface area (Å²) in [6.45, 7) is 2.10. The summed E-state index contributed by atoms with van der Waals surface area (Å²) >= 11 is 0. The predicted octanol–water partition coefficient (Wildman–Crippen LogP) is 3.85. The van der Waals surface area contributed by atoms with Gasteiger partial charge < -0.3 is 10.0 Å². The fraction of sp³-hybridized carbons (Fsp3) is 0.391. The maximum absolute atomic E-state index is 13.5. The second-order valence-electron chi connectivity index (χ2n) is 7.54. The van der Waals surface area contributed by atoms with E-state index >= 15 is 0 Å². The predicted molar refractivity (Wildman–Crippen MR) is 114 cm³/mol. The van der Waals surface area contributed by atoms with Gasteiger partial charge in [-0.2, -0.15) is 0 Å². The van der Waals surface area contributed by atoms with Crippen LogP contribution in [0.2, 0.25) is 0 Å². The summed E-state index contributed by atoms with van der Waals surface area (Å²) < 4.78 is 0. The van der Waals surface area contributed by atoms with Crippen molar-refractivity contribution < 1.29 is 14.7 Å². The number of rotatable bonds is 6. The molecule has 0 bridgehead atoms. The number of urea groups is 1. The van der Waals surface area contributed by atoms with Crippen molar-refractivity contribution in [2.45, 2.75) is 44.8 Å². The first-order valence-corrected chi connectivity index (χ1v) is 10.1. The second kappa shape index (κ2) is 8.99. The van der Waals surface area contributed by atoms with Crippen molar-refractivity contribution >= 4 is 17.6 Å². The van der Waals surface area contributed by atoms with Gasteiger partial charge >= 0.3 is 6.03 Å². The standard InChI is InChI=1S/C23H29N3O3/c1-4-5-11-21-25(3)22(28)20(16-17-12-14-19(27)15-13-17)26(21)23(29)24(2)18-9-7-6-8-10-18/h6-10,12-15,20-21,27H,4-5,11,16H2,1-3H3/t20-,21+/m0/s1. The lowest BCUT2D eigenvalue weighted by Crippen LogP contribution is -2.50. The van der Waals surface area contributed by atoms with Gasteiger partial charge in [-0.05, 0) is 42.7 Å². The van der Waals surface area contributed by atoms with Gasteiger partial charge in [0.2, 0.25) is 5.91 Å². The third kappa shape index (κ3) is 4.36. The molecule has 0 aliphatic carbocycles. The highest BCUT2D eigenvalue weighted by Crippen LogP contribution is 2.29. The van der Waals surface area contributed by atoms with Gasteiger partial charge in [0.05, 0.1) is 0 Å². The summed E-state index contributed by atoms with van der Waals surface area (Å²) in [6.07, 6.45) is 2.84. The summed E-state index contributed by atoms with van der Waals surface area (Å²) in [5.74, 6) is 0.134. The third-order valence-electron chi connectivity index (χ3n) is 5.57. The molecule has 154 valence electrons. The Balaban J connectivity index is 1.92. The lowest BCUT2D eigenvalue weighted by atomic mass is 10.0. The van der Waals surface area contributed by atoms with Gasteiger partial charge in [0.25, 0.3) is 0 Å². The van der Waals surface area contributed by atoms with Crippen LogP contribution in [0, 0.1) is 0 Å². The fourth-order valence-electron chi connectivity index (χ4n) is 3.85. The minimum absolute atomic E-state index is 0.0472. The number of likely N-dealkylation sites (N-methyl/N-ethyl adjacent to an activating group) is 1. The summed E-state index contributed by atoms with van der Waals surface area (Å²) in [6, 6.07) is 15.5. The van der Waals surface area contributed by atoms with Crippen molar-refractivity contribution in [1.82, 2.24) is 9.80 Å². The fourth-order valence-corrected chi connectivity index (χ4v) is 3.85. The lowest BCUT2D eigenvalue weighted by Gasteiger charge is -2.33. The summed E-state index contributed by atoms with van der Waals surface area (Å²) in [5, 5.41) is 9.54. The molecule has 1 fully saturated rings. The number of hydrogen-bond acceptors (Lipinski definition) is 3. The van der Waals surface area contributed by atoms with Crippen molar-refractivity contribution in [2.24, 2.45) is 0 Å². The number of unbranched alkanes of at least 4 members (excludes halogenated alkanes) is 1. The van der Waals surface area contributed by atoms with Crippen molar-refractivity contribution in [3.8, 4) is 5.75 Å². The molecule has 2 aromatic rings. The van der Waals surface area contributed by atoms with Crippen LogP contribution < -0.4 is 4.90 Å². The van der Waals surface area contributed by atoms with Crippen molar-refractivity contribution in [3.63, 3.8) is 0 Å². The van der Waals surface area contributed by atoms with Crippen LogP contribution in [0.15, 0.2) is 54.6 Å². The molecule has 2 aromatic carbocycles. The van der Waals surface area contributed by atoms with Crippen LogP contribution in [0.3, 0.4) is 0 Å². The number of hydrogen-bond donors (Lipinski definition) is 1. The highest BCUT2D eigenvalue weighted by Gasteiger charge is 2.47. The molecular weight excluding hydrogens is 366 g/mol. The van der Waals surface area contributed by atoms with E-state index < -0.39 is 6.04 Å². The molecule has 0 spiro atoms. The molecule has 0 aromatic heterocycles. The zero-order valence-corrected chi connectivity index (χ0v) is 17.3. The first-order chi connectivity index (χ1) is 13.9. The minimum Gasteiger partial charge on any atom is -0.508 e. The average Bonchev–Trinajstić information content (AvgIpc) is 2.97. The summed E-state index contributed by atoms with van der Waals surface area (Å²) in [5.41, 5.74) is 1.70. The Morgan fingerprint density at radius 3 is 2.38 bits per heavy atom. The number of para-hydroxylation sites is 1. The smallest absolute Gasteiger partial charge is 0.326 e. The van der Waals surface area contributed by atoms with Crippen LogP contribution in [-0.2, 0) is 11.2 Å². The second-order valence-corrected chi connectivity index (χ2v) is 7.54. The average molecular weight is 396 g/mol. The summed E-state index contributed by atoms with van der Waals surface area (Å²) in [7, 11) is 3.53. The maximum Gasteiger partial charge on any atom is 0.326 e. The number of carbonyl (C=O) groups is 2. The van der Waals surface area contributed by atoms with Crippen LogP contribution in [-0.4, -0.2) is 53.1 Å². The van der Waals surface area contributed by atoms with Crippen molar-refractivity contribution in [1.29, 1.82) is 0 Å². The Labute approximate surface area is 172 Å². The number of phenolic OH excluding ortho intramolecular Hbond substituents is 1. The maximum atomic E-state index is 13.5.